The molecule has 0 radical (unpaired) electrons. The van der Waals surface area contributed by atoms with E-state index in [1.165, 1.54) is 23.1 Å². The topological polar surface area (TPSA) is 86.1 Å². The lowest BCUT2D eigenvalue weighted by atomic mass is 10.2. The van der Waals surface area contributed by atoms with Crippen LogP contribution in [0, 0.1) is 0 Å². The first-order valence-electron chi connectivity index (χ1n) is 10.6. The van der Waals surface area contributed by atoms with Gasteiger partial charge in [-0.2, -0.15) is 0 Å². The molecule has 1 fully saturated rings. The molecule has 0 bridgehead atoms. The van der Waals surface area contributed by atoms with Gasteiger partial charge in [0.15, 0.2) is 5.16 Å². The molecular formula is C23H21ClN4O3S2. The second-order valence-corrected chi connectivity index (χ2v) is 10.1. The van der Waals surface area contributed by atoms with Gasteiger partial charge in [-0.1, -0.05) is 41.6 Å². The molecule has 1 aromatic carbocycles. The maximum atomic E-state index is 13.4. The standard InChI is InChI=1S/C23H21ClN4O3S2/c24-17-8-2-1-5-14(17)11-26-18(29)13-32-23-27-19-16-7-3-9-25-21(16)33-20(19)22(30)28(23)12-15-6-4-10-31-15/h1-3,5,7-9,15H,4,6,10-13H2,(H,26,29)/t15-/m0/s1. The Bertz CT molecular complexity index is 1380. The van der Waals surface area contributed by atoms with Crippen molar-refractivity contribution in [3.05, 3.63) is 63.5 Å². The first-order chi connectivity index (χ1) is 16.1. The van der Waals surface area contributed by atoms with E-state index in [-0.39, 0.29) is 23.3 Å². The molecule has 33 heavy (non-hydrogen) atoms. The van der Waals surface area contributed by atoms with Crippen LogP contribution in [-0.4, -0.2) is 38.9 Å². The molecule has 0 saturated carbocycles. The van der Waals surface area contributed by atoms with Crippen LogP contribution in [-0.2, 0) is 22.6 Å². The summed E-state index contributed by atoms with van der Waals surface area (Å²) in [7, 11) is 0. The summed E-state index contributed by atoms with van der Waals surface area (Å²) in [4.78, 5) is 35.9. The third-order valence-corrected chi connectivity index (χ3v) is 7.93. The van der Waals surface area contributed by atoms with Crippen molar-refractivity contribution in [1.29, 1.82) is 0 Å². The third-order valence-electron chi connectivity index (χ3n) is 5.49. The molecule has 1 amide bonds. The first kappa shape index (κ1) is 22.3. The van der Waals surface area contributed by atoms with Crippen molar-refractivity contribution in [3.8, 4) is 0 Å². The van der Waals surface area contributed by atoms with Gasteiger partial charge in [0.2, 0.25) is 5.91 Å². The highest BCUT2D eigenvalue weighted by Gasteiger charge is 2.22. The number of benzene rings is 1. The zero-order valence-electron chi connectivity index (χ0n) is 17.6. The molecule has 1 aliphatic rings. The summed E-state index contributed by atoms with van der Waals surface area (Å²) in [5.41, 5.74) is 1.37. The Hall–Kier alpha value is -2.46. The van der Waals surface area contributed by atoms with Gasteiger partial charge in [0.05, 0.1) is 23.9 Å². The number of thiophene rings is 1. The second-order valence-electron chi connectivity index (χ2n) is 7.74. The van der Waals surface area contributed by atoms with E-state index in [0.717, 1.165) is 28.6 Å². The number of nitrogens with zero attached hydrogens (tertiary/aromatic N) is 3. The number of fused-ring (bicyclic) bond motifs is 3. The van der Waals surface area contributed by atoms with Crippen molar-refractivity contribution in [2.75, 3.05) is 12.4 Å². The van der Waals surface area contributed by atoms with Gasteiger partial charge >= 0.3 is 0 Å². The molecule has 3 aromatic heterocycles. The first-order valence-corrected chi connectivity index (χ1v) is 12.8. The van der Waals surface area contributed by atoms with E-state index in [1.807, 2.05) is 30.3 Å². The molecule has 1 saturated heterocycles. The van der Waals surface area contributed by atoms with E-state index in [9.17, 15) is 9.59 Å². The number of pyridine rings is 1. The van der Waals surface area contributed by atoms with Gasteiger partial charge in [-0.25, -0.2) is 9.97 Å². The van der Waals surface area contributed by atoms with Crippen molar-refractivity contribution in [1.82, 2.24) is 19.9 Å². The number of amides is 1. The Morgan fingerprint density at radius 2 is 2.18 bits per heavy atom. The van der Waals surface area contributed by atoms with Crippen molar-refractivity contribution in [2.24, 2.45) is 0 Å². The fourth-order valence-electron chi connectivity index (χ4n) is 3.82. The highest BCUT2D eigenvalue weighted by Crippen LogP contribution is 2.31. The van der Waals surface area contributed by atoms with Gasteiger partial charge in [0, 0.05) is 29.8 Å². The molecule has 10 heteroatoms. The number of thioether (sulfide) groups is 1. The van der Waals surface area contributed by atoms with Crippen molar-refractivity contribution in [3.63, 3.8) is 0 Å². The smallest absolute Gasteiger partial charge is 0.272 e. The molecule has 0 aliphatic carbocycles. The molecule has 0 spiro atoms. The maximum Gasteiger partial charge on any atom is 0.272 e. The lowest BCUT2D eigenvalue weighted by molar-refractivity contribution is -0.118. The number of carbonyl (C=O) groups excluding carboxylic acids is 1. The van der Waals surface area contributed by atoms with Crippen LogP contribution in [0.25, 0.3) is 20.4 Å². The van der Waals surface area contributed by atoms with E-state index >= 15 is 0 Å². The number of carbonyl (C=O) groups is 1. The van der Waals surface area contributed by atoms with Gasteiger partial charge < -0.3 is 10.1 Å². The Morgan fingerprint density at radius 1 is 1.30 bits per heavy atom. The van der Waals surface area contributed by atoms with Crippen LogP contribution < -0.4 is 10.9 Å². The minimum absolute atomic E-state index is 0.0251. The van der Waals surface area contributed by atoms with Crippen LogP contribution in [0.4, 0.5) is 0 Å². The fraction of sp³-hybridized carbons (Fsp3) is 0.304. The number of aromatic nitrogens is 3. The van der Waals surface area contributed by atoms with E-state index in [2.05, 4.69) is 10.3 Å². The third kappa shape index (κ3) is 4.77. The summed E-state index contributed by atoms with van der Waals surface area (Å²) in [6, 6.07) is 11.2. The summed E-state index contributed by atoms with van der Waals surface area (Å²) in [5, 5.41) is 4.86. The molecule has 4 heterocycles. The predicted octanol–water partition coefficient (Wildman–Crippen LogP) is 4.25. The molecule has 5 rings (SSSR count). The van der Waals surface area contributed by atoms with Crippen LogP contribution in [0.5, 0.6) is 0 Å². The molecule has 4 aromatic rings. The lowest BCUT2D eigenvalue weighted by Gasteiger charge is -2.15. The molecule has 0 unspecified atom stereocenters. The molecule has 1 N–H and O–H groups in total. The normalized spacial score (nSPS) is 16.0. The van der Waals surface area contributed by atoms with Gasteiger partial charge in [0.1, 0.15) is 9.53 Å². The number of rotatable bonds is 7. The summed E-state index contributed by atoms with van der Waals surface area (Å²) in [6.45, 7) is 1.47. The maximum absolute atomic E-state index is 13.4. The Labute approximate surface area is 203 Å². The van der Waals surface area contributed by atoms with Gasteiger partial charge in [-0.3, -0.25) is 14.2 Å². The SMILES string of the molecule is O=C(CSc1nc2c(sc3ncccc32)c(=O)n1C[C@@H]1CCCO1)NCc1ccccc1Cl. The quantitative estimate of drug-likeness (QED) is 0.301. The van der Waals surface area contributed by atoms with E-state index in [1.54, 1.807) is 16.8 Å². The average molecular weight is 501 g/mol. The highest BCUT2D eigenvalue weighted by atomic mass is 35.5. The average Bonchev–Trinajstić information content (AvgIpc) is 3.47. The predicted molar refractivity (Wildman–Crippen MR) is 132 cm³/mol. The highest BCUT2D eigenvalue weighted by molar-refractivity contribution is 7.99. The van der Waals surface area contributed by atoms with Gasteiger partial charge in [-0.15, -0.1) is 11.3 Å². The van der Waals surface area contributed by atoms with Crippen molar-refractivity contribution in [2.45, 2.75) is 37.2 Å². The summed E-state index contributed by atoms with van der Waals surface area (Å²) in [5.74, 6) is -0.0244. The summed E-state index contributed by atoms with van der Waals surface area (Å²) >= 11 is 8.78. The lowest BCUT2D eigenvalue weighted by Crippen LogP contribution is -2.29. The van der Waals surface area contributed by atoms with Crippen LogP contribution in [0.2, 0.25) is 5.02 Å². The van der Waals surface area contributed by atoms with Crippen LogP contribution in [0.15, 0.2) is 52.5 Å². The van der Waals surface area contributed by atoms with E-state index < -0.39 is 0 Å². The van der Waals surface area contributed by atoms with Crippen molar-refractivity contribution < 1.29 is 9.53 Å². The van der Waals surface area contributed by atoms with Gasteiger partial charge in [0.25, 0.3) is 5.56 Å². The molecule has 1 atom stereocenters. The zero-order chi connectivity index (χ0) is 22.8. The molecule has 7 nitrogen and oxygen atoms in total. The van der Waals surface area contributed by atoms with E-state index in [0.29, 0.717) is 40.1 Å². The Morgan fingerprint density at radius 3 is 3.00 bits per heavy atom. The monoisotopic (exact) mass is 500 g/mol. The Balaban J connectivity index is 1.41. The summed E-state index contributed by atoms with van der Waals surface area (Å²) < 4.78 is 8.00. The fourth-order valence-corrected chi connectivity index (χ4v) is 5.89. The van der Waals surface area contributed by atoms with Crippen LogP contribution in [0.3, 0.4) is 0 Å². The number of nitrogens with one attached hydrogen (secondary N) is 1. The van der Waals surface area contributed by atoms with Gasteiger partial charge in [-0.05, 0) is 36.6 Å². The Kier molecular flexibility index (Phi) is 6.64. The number of hydrogen-bond donors (Lipinski definition) is 1. The minimum Gasteiger partial charge on any atom is -0.376 e. The van der Waals surface area contributed by atoms with Crippen LogP contribution in [0.1, 0.15) is 18.4 Å². The number of ether oxygens (including phenoxy) is 1. The molecular weight excluding hydrogens is 480 g/mol. The van der Waals surface area contributed by atoms with E-state index in [4.69, 9.17) is 21.3 Å². The largest absolute Gasteiger partial charge is 0.376 e. The zero-order valence-corrected chi connectivity index (χ0v) is 20.0. The minimum atomic E-state index is -0.158. The number of halogens is 1. The van der Waals surface area contributed by atoms with Crippen molar-refractivity contribution >= 4 is 61.0 Å². The summed E-state index contributed by atoms with van der Waals surface area (Å²) in [6.07, 6.45) is 3.57. The molecule has 170 valence electrons. The molecule has 1 aliphatic heterocycles. The second kappa shape index (κ2) is 9.80. The number of hydrogen-bond acceptors (Lipinski definition) is 7. The van der Waals surface area contributed by atoms with Crippen LogP contribution >= 0.6 is 34.7 Å².